The van der Waals surface area contributed by atoms with Gasteiger partial charge < -0.3 is 9.52 Å². The van der Waals surface area contributed by atoms with Crippen LogP contribution in [0, 0.1) is 5.82 Å². The first-order valence-electron chi connectivity index (χ1n) is 6.80. The number of carbonyl (C=O) groups is 1. The van der Waals surface area contributed by atoms with Crippen molar-refractivity contribution in [2.24, 2.45) is 0 Å². The van der Waals surface area contributed by atoms with E-state index in [0.717, 1.165) is 0 Å². The first-order valence-corrected chi connectivity index (χ1v) is 7.31. The van der Waals surface area contributed by atoms with Gasteiger partial charge in [-0.1, -0.05) is 42.5 Å². The lowest BCUT2D eigenvalue weighted by Gasteiger charge is -2.02. The molecule has 1 unspecified atom stereocenters. The minimum Gasteiger partial charge on any atom is -0.480 e. The summed E-state index contributed by atoms with van der Waals surface area (Å²) in [6, 6.07) is 15.1. The Balaban J connectivity index is 2.21. The van der Waals surface area contributed by atoms with E-state index < -0.39 is 17.0 Å². The van der Waals surface area contributed by atoms with Gasteiger partial charge in [0.1, 0.15) is 11.5 Å². The number of aliphatic carboxylic acids is 1. The summed E-state index contributed by atoms with van der Waals surface area (Å²) in [5.74, 6) is -1.56. The standard InChI is InChI=1S/C17H12FNO3S/c18-12-9-5-4-8-11(12)14-13(10-6-2-1-3-7-10)19-16(22-14)15(23)17(20)21/h1-9,15,23H,(H,20,21). The maximum absolute atomic E-state index is 14.1. The summed E-state index contributed by atoms with van der Waals surface area (Å²) in [7, 11) is 0. The van der Waals surface area contributed by atoms with Gasteiger partial charge in [0.15, 0.2) is 11.0 Å². The van der Waals surface area contributed by atoms with Crippen LogP contribution >= 0.6 is 12.6 Å². The molecule has 0 saturated heterocycles. The quantitative estimate of drug-likeness (QED) is 0.704. The zero-order chi connectivity index (χ0) is 16.4. The first kappa shape index (κ1) is 15.3. The number of hydrogen-bond acceptors (Lipinski definition) is 4. The van der Waals surface area contributed by atoms with Crippen molar-refractivity contribution in [1.82, 2.24) is 4.98 Å². The molecule has 3 aromatic rings. The lowest BCUT2D eigenvalue weighted by atomic mass is 10.1. The lowest BCUT2D eigenvalue weighted by Crippen LogP contribution is -2.05. The fourth-order valence-electron chi connectivity index (χ4n) is 2.18. The number of oxazole rings is 1. The molecule has 0 bridgehead atoms. The lowest BCUT2D eigenvalue weighted by molar-refractivity contribution is -0.136. The summed E-state index contributed by atoms with van der Waals surface area (Å²) in [6.45, 7) is 0. The number of aromatic nitrogens is 1. The van der Waals surface area contributed by atoms with Gasteiger partial charge in [-0.05, 0) is 12.1 Å². The molecule has 1 heterocycles. The van der Waals surface area contributed by atoms with E-state index in [0.29, 0.717) is 11.3 Å². The fraction of sp³-hybridized carbons (Fsp3) is 0.0588. The van der Waals surface area contributed by atoms with Crippen molar-refractivity contribution >= 4 is 18.6 Å². The number of carboxylic acids is 1. The molecule has 0 spiro atoms. The fourth-order valence-corrected chi connectivity index (χ4v) is 2.29. The zero-order valence-electron chi connectivity index (χ0n) is 11.8. The summed E-state index contributed by atoms with van der Waals surface area (Å²) in [6.07, 6.45) is 0. The second-order valence-electron chi connectivity index (χ2n) is 4.82. The Morgan fingerprint density at radius 3 is 2.43 bits per heavy atom. The minimum absolute atomic E-state index is 0.0852. The summed E-state index contributed by atoms with van der Waals surface area (Å²) in [5, 5.41) is 7.86. The van der Waals surface area contributed by atoms with Crippen LogP contribution in [0.3, 0.4) is 0 Å². The Labute approximate surface area is 137 Å². The molecule has 0 amide bonds. The highest BCUT2D eigenvalue weighted by molar-refractivity contribution is 7.81. The van der Waals surface area contributed by atoms with Crippen LogP contribution in [0.15, 0.2) is 59.0 Å². The highest BCUT2D eigenvalue weighted by Gasteiger charge is 2.26. The predicted molar refractivity (Wildman–Crippen MR) is 86.7 cm³/mol. The van der Waals surface area contributed by atoms with Crippen LogP contribution in [-0.4, -0.2) is 16.1 Å². The topological polar surface area (TPSA) is 63.3 Å². The van der Waals surface area contributed by atoms with Crippen LogP contribution in [0.25, 0.3) is 22.6 Å². The zero-order valence-corrected chi connectivity index (χ0v) is 12.7. The van der Waals surface area contributed by atoms with Gasteiger partial charge in [0, 0.05) is 5.56 Å². The number of thiol groups is 1. The Hall–Kier alpha value is -2.60. The van der Waals surface area contributed by atoms with E-state index in [9.17, 15) is 9.18 Å². The molecule has 2 aromatic carbocycles. The number of rotatable bonds is 4. The molecule has 0 aliphatic rings. The molecule has 1 N–H and O–H groups in total. The van der Waals surface area contributed by atoms with Crippen molar-refractivity contribution in [3.63, 3.8) is 0 Å². The van der Waals surface area contributed by atoms with E-state index >= 15 is 0 Å². The first-order chi connectivity index (χ1) is 11.1. The Morgan fingerprint density at radius 2 is 1.78 bits per heavy atom. The largest absolute Gasteiger partial charge is 0.480 e. The molecule has 4 nitrogen and oxygen atoms in total. The average Bonchev–Trinajstić information content (AvgIpc) is 3.00. The Morgan fingerprint density at radius 1 is 1.13 bits per heavy atom. The van der Waals surface area contributed by atoms with E-state index in [-0.39, 0.29) is 17.2 Å². The molecular weight excluding hydrogens is 317 g/mol. The van der Waals surface area contributed by atoms with Gasteiger partial charge >= 0.3 is 5.97 Å². The molecule has 23 heavy (non-hydrogen) atoms. The summed E-state index contributed by atoms with van der Waals surface area (Å²) in [5.41, 5.74) is 1.30. The van der Waals surface area contributed by atoms with Crippen molar-refractivity contribution < 1.29 is 18.7 Å². The number of nitrogens with zero attached hydrogens (tertiary/aromatic N) is 1. The molecule has 6 heteroatoms. The van der Waals surface area contributed by atoms with Crippen LogP contribution in [0.5, 0.6) is 0 Å². The summed E-state index contributed by atoms with van der Waals surface area (Å²) < 4.78 is 19.7. The van der Waals surface area contributed by atoms with Crippen LogP contribution in [0.1, 0.15) is 11.1 Å². The SMILES string of the molecule is O=C(O)C(S)c1nc(-c2ccccc2)c(-c2ccccc2F)o1. The normalized spacial score (nSPS) is 12.1. The smallest absolute Gasteiger partial charge is 0.325 e. The van der Waals surface area contributed by atoms with Crippen molar-refractivity contribution in [2.75, 3.05) is 0 Å². The van der Waals surface area contributed by atoms with E-state index in [4.69, 9.17) is 9.52 Å². The monoisotopic (exact) mass is 329 g/mol. The van der Waals surface area contributed by atoms with Gasteiger partial charge in [0.2, 0.25) is 5.89 Å². The van der Waals surface area contributed by atoms with Crippen LogP contribution < -0.4 is 0 Å². The van der Waals surface area contributed by atoms with Crippen LogP contribution in [0.2, 0.25) is 0 Å². The van der Waals surface area contributed by atoms with E-state index in [1.807, 2.05) is 18.2 Å². The molecule has 0 radical (unpaired) electrons. The van der Waals surface area contributed by atoms with Gasteiger partial charge in [-0.25, -0.2) is 9.37 Å². The van der Waals surface area contributed by atoms with E-state index in [1.54, 1.807) is 30.3 Å². The molecular formula is C17H12FNO3S. The summed E-state index contributed by atoms with van der Waals surface area (Å²) >= 11 is 3.98. The number of benzene rings is 2. The average molecular weight is 329 g/mol. The van der Waals surface area contributed by atoms with Gasteiger partial charge in [-0.15, -0.1) is 0 Å². The highest BCUT2D eigenvalue weighted by atomic mass is 32.1. The van der Waals surface area contributed by atoms with Crippen molar-refractivity contribution in [2.45, 2.75) is 5.25 Å². The van der Waals surface area contributed by atoms with Crippen molar-refractivity contribution in [3.05, 3.63) is 66.3 Å². The maximum atomic E-state index is 14.1. The molecule has 0 saturated carbocycles. The highest BCUT2D eigenvalue weighted by Crippen LogP contribution is 2.36. The van der Waals surface area contributed by atoms with Gasteiger partial charge in [0.25, 0.3) is 0 Å². The third-order valence-corrected chi connectivity index (χ3v) is 3.72. The van der Waals surface area contributed by atoms with E-state index in [2.05, 4.69) is 17.6 Å². The molecule has 1 aromatic heterocycles. The Kier molecular flexibility index (Phi) is 4.16. The van der Waals surface area contributed by atoms with Crippen molar-refractivity contribution in [1.29, 1.82) is 0 Å². The van der Waals surface area contributed by atoms with Gasteiger partial charge in [-0.2, -0.15) is 12.6 Å². The van der Waals surface area contributed by atoms with Crippen molar-refractivity contribution in [3.8, 4) is 22.6 Å². The van der Waals surface area contributed by atoms with Crippen LogP contribution in [0.4, 0.5) is 4.39 Å². The van der Waals surface area contributed by atoms with Gasteiger partial charge in [-0.3, -0.25) is 4.79 Å². The second kappa shape index (κ2) is 6.26. The molecule has 116 valence electrons. The number of halogens is 1. The minimum atomic E-state index is -1.22. The number of hydrogen-bond donors (Lipinski definition) is 2. The van der Waals surface area contributed by atoms with Gasteiger partial charge in [0.05, 0.1) is 5.56 Å². The third-order valence-electron chi connectivity index (χ3n) is 3.28. The third kappa shape index (κ3) is 2.98. The number of carboxylic acid groups (broad SMARTS) is 1. The Bertz CT molecular complexity index is 848. The van der Waals surface area contributed by atoms with E-state index in [1.165, 1.54) is 6.07 Å². The molecule has 0 aliphatic heterocycles. The second-order valence-corrected chi connectivity index (χ2v) is 5.33. The molecule has 3 rings (SSSR count). The maximum Gasteiger partial charge on any atom is 0.325 e. The molecule has 0 fully saturated rings. The summed E-state index contributed by atoms with van der Waals surface area (Å²) in [4.78, 5) is 15.3. The molecule has 1 atom stereocenters. The predicted octanol–water partition coefficient (Wildman–Crippen LogP) is 4.20. The van der Waals surface area contributed by atoms with Crippen LogP contribution in [-0.2, 0) is 4.79 Å². The molecule has 0 aliphatic carbocycles.